The fraction of sp³-hybridized carbons (Fsp3) is 0.375. The van der Waals surface area contributed by atoms with Crippen molar-refractivity contribution >= 4 is 32.0 Å². The Hall–Kier alpha value is -0.570. The topological polar surface area (TPSA) is 24.9 Å². The van der Waals surface area contributed by atoms with E-state index < -0.39 is 15.1 Å². The van der Waals surface area contributed by atoms with Crippen LogP contribution in [-0.2, 0) is 0 Å². The first-order chi connectivity index (χ1) is 7.29. The van der Waals surface area contributed by atoms with Gasteiger partial charge in [0.2, 0.25) is 0 Å². The van der Waals surface area contributed by atoms with Crippen molar-refractivity contribution in [3.63, 3.8) is 0 Å². The van der Waals surface area contributed by atoms with E-state index in [1.165, 1.54) is 0 Å². The summed E-state index contributed by atoms with van der Waals surface area (Å²) >= 11 is 2.78. The summed E-state index contributed by atoms with van der Waals surface area (Å²) in [6.45, 7) is 3.49. The third kappa shape index (κ3) is 3.98. The zero-order valence-corrected chi connectivity index (χ0v) is 11.3. The van der Waals surface area contributed by atoms with Crippen molar-refractivity contribution in [3.8, 4) is 0 Å². The van der Waals surface area contributed by atoms with Gasteiger partial charge in [-0.15, -0.1) is 0 Å². The van der Waals surface area contributed by atoms with E-state index in [0.29, 0.717) is 6.07 Å². The van der Waals surface area contributed by atoms with Gasteiger partial charge in [-0.05, 0) is 35.8 Å². The Balaban J connectivity index is 3.24. The Bertz CT molecular complexity index is 444. The van der Waals surface area contributed by atoms with Crippen molar-refractivity contribution in [2.24, 2.45) is 0 Å². The van der Waals surface area contributed by atoms with Gasteiger partial charge in [-0.3, -0.25) is 0 Å². The monoisotopic (exact) mass is 340 g/mol. The fourth-order valence-electron chi connectivity index (χ4n) is 1.01. The predicted molar refractivity (Wildman–Crippen MR) is 62.1 cm³/mol. The molecule has 0 aliphatic carbocycles. The minimum atomic E-state index is -9.65. The van der Waals surface area contributed by atoms with E-state index in [4.69, 9.17) is 0 Å². The minimum absolute atomic E-state index is 0.0791. The summed E-state index contributed by atoms with van der Waals surface area (Å²) in [5, 5.41) is 2.72. The van der Waals surface area contributed by atoms with Gasteiger partial charge in [-0.1, -0.05) is 19.4 Å². The lowest BCUT2D eigenvalue weighted by Crippen LogP contribution is -2.13. The number of hydrogen-bond acceptors (Lipinski definition) is 2. The van der Waals surface area contributed by atoms with Gasteiger partial charge in [0.1, 0.15) is 10.7 Å². The van der Waals surface area contributed by atoms with Gasteiger partial charge in [-0.2, -0.15) is 0 Å². The van der Waals surface area contributed by atoms with Crippen molar-refractivity contribution in [1.29, 1.82) is 0 Å². The minimum Gasteiger partial charge on any atom is -0.367 e. The molecule has 0 spiro atoms. The summed E-state index contributed by atoms with van der Waals surface area (Å²) in [5.41, 5.74) is 0. The molecule has 0 unspecified atom stereocenters. The highest BCUT2D eigenvalue weighted by atomic mass is 79.9. The Labute approximate surface area is 103 Å². The molecule has 0 saturated heterocycles. The second-order valence-corrected chi connectivity index (χ2v) is 7.03. The molecule has 1 N–H and O–H groups in total. The van der Waals surface area contributed by atoms with Crippen LogP contribution in [0.5, 0.6) is 0 Å². The van der Waals surface area contributed by atoms with Crippen LogP contribution in [-0.4, -0.2) is 11.0 Å². The number of anilines is 1. The maximum atomic E-state index is 12.4. The third-order valence-electron chi connectivity index (χ3n) is 1.69. The maximum absolute atomic E-state index is 12.4. The number of halogens is 6. The summed E-state index contributed by atoms with van der Waals surface area (Å²) in [6, 6.07) is 0.254. The molecule has 1 aromatic heterocycles. The van der Waals surface area contributed by atoms with Crippen LogP contribution < -0.4 is 5.32 Å². The number of nitrogens with one attached hydrogen (secondary N) is 1. The van der Waals surface area contributed by atoms with Crippen LogP contribution in [0.25, 0.3) is 0 Å². The van der Waals surface area contributed by atoms with E-state index in [-0.39, 0.29) is 22.5 Å². The van der Waals surface area contributed by atoms with Crippen molar-refractivity contribution in [2.45, 2.75) is 24.8 Å². The van der Waals surface area contributed by atoms with Gasteiger partial charge >= 0.3 is 10.2 Å². The van der Waals surface area contributed by atoms with Crippen molar-refractivity contribution in [2.75, 3.05) is 5.32 Å². The fourth-order valence-corrected chi connectivity index (χ4v) is 2.22. The first-order valence-corrected chi connectivity index (χ1v) is 7.20. The zero-order chi connectivity index (χ0) is 13.5. The van der Waals surface area contributed by atoms with Gasteiger partial charge in [0, 0.05) is 6.04 Å². The highest BCUT2D eigenvalue weighted by Crippen LogP contribution is 3.02. The van der Waals surface area contributed by atoms with Crippen LogP contribution in [0.3, 0.4) is 0 Å². The van der Waals surface area contributed by atoms with Gasteiger partial charge < -0.3 is 5.32 Å². The SMILES string of the molecule is CC(C)Nc1ncc(S(F)(F)(F)(F)F)cc1Br. The van der Waals surface area contributed by atoms with Crippen LogP contribution in [0.1, 0.15) is 13.8 Å². The maximum Gasteiger partial charge on any atom is 0.311 e. The Morgan fingerprint density at radius 3 is 2.12 bits per heavy atom. The van der Waals surface area contributed by atoms with Crippen LogP contribution in [0.15, 0.2) is 21.6 Å². The highest BCUT2D eigenvalue weighted by Gasteiger charge is 2.65. The van der Waals surface area contributed by atoms with Crippen LogP contribution >= 0.6 is 26.2 Å². The largest absolute Gasteiger partial charge is 0.367 e. The first-order valence-electron chi connectivity index (χ1n) is 4.46. The third-order valence-corrected chi connectivity index (χ3v) is 3.41. The Kier molecular flexibility index (Phi) is 2.96. The smallest absolute Gasteiger partial charge is 0.311 e. The second kappa shape index (κ2) is 3.47. The van der Waals surface area contributed by atoms with Crippen molar-refractivity contribution in [3.05, 3.63) is 16.7 Å². The molecule has 0 radical (unpaired) electrons. The Morgan fingerprint density at radius 1 is 1.24 bits per heavy atom. The summed E-state index contributed by atoms with van der Waals surface area (Å²) in [4.78, 5) is 1.34. The first kappa shape index (κ1) is 14.5. The summed E-state index contributed by atoms with van der Waals surface area (Å²) in [5.74, 6) is 0.0885. The zero-order valence-electron chi connectivity index (χ0n) is 8.86. The lowest BCUT2D eigenvalue weighted by molar-refractivity contribution is 0.363. The molecule has 9 heteroatoms. The lowest BCUT2D eigenvalue weighted by atomic mass is 10.4. The number of rotatable bonds is 3. The summed E-state index contributed by atoms with van der Waals surface area (Å²) < 4.78 is 62.0. The van der Waals surface area contributed by atoms with E-state index in [0.717, 1.165) is 0 Å². The number of aromatic nitrogens is 1. The average Bonchev–Trinajstić information content (AvgIpc) is 2.03. The molecule has 17 heavy (non-hydrogen) atoms. The quantitative estimate of drug-likeness (QED) is 0.753. The number of nitrogens with zero attached hydrogens (tertiary/aromatic N) is 1. The Morgan fingerprint density at radius 2 is 1.76 bits per heavy atom. The van der Waals surface area contributed by atoms with Crippen molar-refractivity contribution < 1.29 is 19.4 Å². The van der Waals surface area contributed by atoms with Gasteiger partial charge in [0.25, 0.3) is 0 Å². The number of pyridine rings is 1. The molecule has 0 saturated carbocycles. The van der Waals surface area contributed by atoms with E-state index in [1.807, 2.05) is 0 Å². The van der Waals surface area contributed by atoms with Crippen molar-refractivity contribution in [1.82, 2.24) is 4.98 Å². The van der Waals surface area contributed by atoms with Crippen LogP contribution in [0.2, 0.25) is 0 Å². The molecule has 2 nitrogen and oxygen atoms in total. The molecule has 1 rings (SSSR count). The highest BCUT2D eigenvalue weighted by molar-refractivity contribution is 9.10. The molecule has 0 fully saturated rings. The molecular formula is C8H10BrF5N2S. The molecule has 0 aromatic carbocycles. The molecule has 0 amide bonds. The molecule has 0 atom stereocenters. The van der Waals surface area contributed by atoms with Gasteiger partial charge in [-0.25, -0.2) is 4.98 Å². The second-order valence-electron chi connectivity index (χ2n) is 3.77. The normalized spacial score (nSPS) is 16.5. The van der Waals surface area contributed by atoms with Gasteiger partial charge in [0.15, 0.2) is 0 Å². The molecule has 0 bridgehead atoms. The van der Waals surface area contributed by atoms with E-state index in [2.05, 4.69) is 26.2 Å². The van der Waals surface area contributed by atoms with Crippen LogP contribution in [0.4, 0.5) is 25.2 Å². The average molecular weight is 341 g/mol. The van der Waals surface area contributed by atoms with E-state index in [9.17, 15) is 19.4 Å². The van der Waals surface area contributed by atoms with E-state index >= 15 is 0 Å². The molecule has 100 valence electrons. The molecule has 0 aliphatic heterocycles. The molecule has 1 aromatic rings. The molecule has 0 aliphatic rings. The standard InChI is InChI=1S/C8H10BrF5N2S/c1-5(2)16-8-7(9)3-6(4-15-8)17(10,11,12,13)14/h3-5H,1-2H3,(H,15,16). The summed E-state index contributed by atoms with van der Waals surface area (Å²) in [7, 11) is -9.65. The van der Waals surface area contributed by atoms with Gasteiger partial charge in [0.05, 0.1) is 10.7 Å². The van der Waals surface area contributed by atoms with Crippen LogP contribution in [0, 0.1) is 0 Å². The lowest BCUT2D eigenvalue weighted by Gasteiger charge is -2.40. The number of hydrogen-bond donors (Lipinski definition) is 1. The predicted octanol–water partition coefficient (Wildman–Crippen LogP) is 5.32. The summed E-state index contributed by atoms with van der Waals surface area (Å²) in [6.07, 6.45) is 0.136. The molecule has 1 heterocycles. The van der Waals surface area contributed by atoms with E-state index in [1.54, 1.807) is 13.8 Å². The molecular weight excluding hydrogens is 331 g/mol.